The van der Waals surface area contributed by atoms with E-state index in [1.807, 2.05) is 0 Å². The smallest absolute Gasteiger partial charge is 0.276 e. The Bertz CT molecular complexity index is 1250. The zero-order chi connectivity index (χ0) is 22.0. The van der Waals surface area contributed by atoms with Crippen molar-refractivity contribution in [3.8, 4) is 5.69 Å². The number of anilines is 1. The van der Waals surface area contributed by atoms with Crippen molar-refractivity contribution in [1.82, 2.24) is 9.78 Å². The molecule has 0 unspecified atom stereocenters. The molecule has 1 aromatic heterocycles. The van der Waals surface area contributed by atoms with Crippen LogP contribution in [0.25, 0.3) is 5.69 Å². The Morgan fingerprint density at radius 1 is 1.10 bits per heavy atom. The second-order valence-electron chi connectivity index (χ2n) is 7.36. The SMILES string of the molecule is O=C(Nc1cccc(S(=O)(=O)C2CCCC2)c1)c1ccn(-c2cccc([N+](=O)[O-])c2)n1. The second kappa shape index (κ2) is 8.31. The first-order chi connectivity index (χ1) is 14.8. The van der Waals surface area contributed by atoms with E-state index in [2.05, 4.69) is 10.4 Å². The van der Waals surface area contributed by atoms with Gasteiger partial charge in [0.05, 0.1) is 20.8 Å². The van der Waals surface area contributed by atoms with Crippen molar-refractivity contribution < 1.29 is 18.1 Å². The number of benzene rings is 2. The highest BCUT2D eigenvalue weighted by Gasteiger charge is 2.30. The summed E-state index contributed by atoms with van der Waals surface area (Å²) in [6.45, 7) is 0. The lowest BCUT2D eigenvalue weighted by atomic mass is 10.3. The summed E-state index contributed by atoms with van der Waals surface area (Å²) in [4.78, 5) is 23.2. The summed E-state index contributed by atoms with van der Waals surface area (Å²) >= 11 is 0. The maximum Gasteiger partial charge on any atom is 0.276 e. The number of hydrogen-bond donors (Lipinski definition) is 1. The number of nitrogens with one attached hydrogen (secondary N) is 1. The maximum atomic E-state index is 12.8. The molecule has 1 N–H and O–H groups in total. The van der Waals surface area contributed by atoms with Crippen molar-refractivity contribution in [2.75, 3.05) is 5.32 Å². The molecule has 2 aromatic carbocycles. The van der Waals surface area contributed by atoms with E-state index in [0.717, 1.165) is 12.8 Å². The quantitative estimate of drug-likeness (QED) is 0.460. The van der Waals surface area contributed by atoms with Gasteiger partial charge in [0.15, 0.2) is 15.5 Å². The Hall–Kier alpha value is -3.53. The normalized spacial score (nSPS) is 14.5. The minimum Gasteiger partial charge on any atom is -0.321 e. The Balaban J connectivity index is 1.52. The minimum atomic E-state index is -3.43. The number of aromatic nitrogens is 2. The molecule has 3 aromatic rings. The molecule has 0 saturated heterocycles. The van der Waals surface area contributed by atoms with E-state index in [4.69, 9.17) is 0 Å². The van der Waals surface area contributed by atoms with Crippen LogP contribution < -0.4 is 5.32 Å². The third-order valence-corrected chi connectivity index (χ3v) is 7.55. The molecular weight excluding hydrogens is 420 g/mol. The standard InChI is InChI=1S/C21H20N4O5S/c26-21(20-11-12-24(23-20)16-6-4-7-17(14-16)25(27)28)22-15-5-3-10-19(13-15)31(29,30)18-8-1-2-9-18/h3-7,10-14,18H,1-2,8-9H2,(H,22,26). The molecule has 10 heteroatoms. The highest BCUT2D eigenvalue weighted by Crippen LogP contribution is 2.30. The van der Waals surface area contributed by atoms with Crippen LogP contribution in [0.3, 0.4) is 0 Å². The van der Waals surface area contributed by atoms with E-state index in [1.54, 1.807) is 24.3 Å². The van der Waals surface area contributed by atoms with Crippen molar-refractivity contribution in [2.24, 2.45) is 0 Å². The van der Waals surface area contributed by atoms with Crippen molar-refractivity contribution in [3.05, 3.63) is 76.6 Å². The van der Waals surface area contributed by atoms with Gasteiger partial charge in [-0.1, -0.05) is 25.0 Å². The summed E-state index contributed by atoms with van der Waals surface area (Å²) < 4.78 is 27.0. The summed E-state index contributed by atoms with van der Waals surface area (Å²) in [6, 6.07) is 13.6. The molecule has 0 radical (unpaired) electrons. The first-order valence-electron chi connectivity index (χ1n) is 9.80. The molecule has 160 valence electrons. The molecule has 1 amide bonds. The van der Waals surface area contributed by atoms with Crippen molar-refractivity contribution in [1.29, 1.82) is 0 Å². The number of sulfone groups is 1. The molecule has 31 heavy (non-hydrogen) atoms. The molecule has 4 rings (SSSR count). The number of nitro groups is 1. The number of non-ortho nitro benzene ring substituents is 1. The fourth-order valence-electron chi connectivity index (χ4n) is 3.67. The van der Waals surface area contributed by atoms with Gasteiger partial charge in [-0.25, -0.2) is 13.1 Å². The predicted octanol–water partition coefficient (Wildman–Crippen LogP) is 3.75. The lowest BCUT2D eigenvalue weighted by Crippen LogP contribution is -2.18. The number of carbonyl (C=O) groups excluding carboxylic acids is 1. The van der Waals surface area contributed by atoms with Gasteiger partial charge in [-0.2, -0.15) is 5.10 Å². The van der Waals surface area contributed by atoms with Crippen LogP contribution in [0.5, 0.6) is 0 Å². The Morgan fingerprint density at radius 2 is 1.84 bits per heavy atom. The second-order valence-corrected chi connectivity index (χ2v) is 9.58. The predicted molar refractivity (Wildman–Crippen MR) is 114 cm³/mol. The van der Waals surface area contributed by atoms with Gasteiger partial charge in [-0.05, 0) is 43.2 Å². The summed E-state index contributed by atoms with van der Waals surface area (Å²) in [7, 11) is -3.43. The van der Waals surface area contributed by atoms with Crippen LogP contribution in [0.2, 0.25) is 0 Å². The third-order valence-electron chi connectivity index (χ3n) is 5.29. The molecular formula is C21H20N4O5S. The van der Waals surface area contributed by atoms with E-state index < -0.39 is 20.7 Å². The molecule has 1 aliphatic carbocycles. The molecule has 1 heterocycles. The van der Waals surface area contributed by atoms with Crippen molar-refractivity contribution in [2.45, 2.75) is 35.8 Å². The van der Waals surface area contributed by atoms with Crippen LogP contribution in [0, 0.1) is 10.1 Å². The van der Waals surface area contributed by atoms with Gasteiger partial charge in [0, 0.05) is 24.0 Å². The van der Waals surface area contributed by atoms with Crippen molar-refractivity contribution in [3.63, 3.8) is 0 Å². The largest absolute Gasteiger partial charge is 0.321 e. The summed E-state index contributed by atoms with van der Waals surface area (Å²) in [6.07, 6.45) is 4.66. The molecule has 0 atom stereocenters. The van der Waals surface area contributed by atoms with E-state index in [0.29, 0.717) is 24.2 Å². The van der Waals surface area contributed by atoms with Crippen LogP contribution >= 0.6 is 0 Å². The summed E-state index contributed by atoms with van der Waals surface area (Å²) in [5.41, 5.74) is 0.807. The average molecular weight is 440 g/mol. The summed E-state index contributed by atoms with van der Waals surface area (Å²) in [5.74, 6) is -0.514. The zero-order valence-corrected chi connectivity index (χ0v) is 17.3. The lowest BCUT2D eigenvalue weighted by molar-refractivity contribution is -0.384. The molecule has 1 fully saturated rings. The van der Waals surface area contributed by atoms with Gasteiger partial charge >= 0.3 is 0 Å². The summed E-state index contributed by atoms with van der Waals surface area (Å²) in [5, 5.41) is 17.4. The van der Waals surface area contributed by atoms with Crippen LogP contribution in [0.1, 0.15) is 36.2 Å². The number of hydrogen-bond acceptors (Lipinski definition) is 6. The third kappa shape index (κ3) is 4.33. The average Bonchev–Trinajstić information content (AvgIpc) is 3.47. The fourth-order valence-corrected chi connectivity index (χ4v) is 5.57. The molecule has 0 bridgehead atoms. The molecule has 0 spiro atoms. The van der Waals surface area contributed by atoms with E-state index in [1.165, 1.54) is 41.2 Å². The number of carbonyl (C=O) groups is 1. The highest BCUT2D eigenvalue weighted by atomic mass is 32.2. The first kappa shape index (κ1) is 20.7. The van der Waals surface area contributed by atoms with Crippen LogP contribution in [0.4, 0.5) is 11.4 Å². The van der Waals surface area contributed by atoms with Crippen LogP contribution in [-0.2, 0) is 9.84 Å². The minimum absolute atomic E-state index is 0.0840. The van der Waals surface area contributed by atoms with Gasteiger partial charge in [-0.15, -0.1) is 0 Å². The van der Waals surface area contributed by atoms with E-state index in [-0.39, 0.29) is 21.5 Å². The maximum absolute atomic E-state index is 12.8. The zero-order valence-electron chi connectivity index (χ0n) is 16.5. The molecule has 9 nitrogen and oxygen atoms in total. The number of rotatable bonds is 6. The number of amides is 1. The lowest BCUT2D eigenvalue weighted by Gasteiger charge is -2.12. The van der Waals surface area contributed by atoms with Gasteiger partial charge in [-0.3, -0.25) is 14.9 Å². The Morgan fingerprint density at radius 3 is 2.58 bits per heavy atom. The van der Waals surface area contributed by atoms with E-state index in [9.17, 15) is 23.3 Å². The van der Waals surface area contributed by atoms with Gasteiger partial charge in [0.25, 0.3) is 11.6 Å². The number of nitrogens with zero attached hydrogens (tertiary/aromatic N) is 3. The Kier molecular flexibility index (Phi) is 5.55. The van der Waals surface area contributed by atoms with E-state index >= 15 is 0 Å². The molecule has 1 aliphatic rings. The molecule has 0 aliphatic heterocycles. The number of nitro benzene ring substituents is 1. The monoisotopic (exact) mass is 440 g/mol. The highest BCUT2D eigenvalue weighted by molar-refractivity contribution is 7.92. The van der Waals surface area contributed by atoms with Crippen LogP contribution in [0.15, 0.2) is 65.7 Å². The van der Waals surface area contributed by atoms with Crippen molar-refractivity contribution >= 4 is 27.1 Å². The van der Waals surface area contributed by atoms with Gasteiger partial charge in [0.2, 0.25) is 0 Å². The molecule has 1 saturated carbocycles. The van der Waals surface area contributed by atoms with Crippen LogP contribution in [-0.4, -0.2) is 34.3 Å². The van der Waals surface area contributed by atoms with Gasteiger partial charge in [0.1, 0.15) is 0 Å². The fraction of sp³-hybridized carbons (Fsp3) is 0.238. The topological polar surface area (TPSA) is 124 Å². The van der Waals surface area contributed by atoms with Gasteiger partial charge < -0.3 is 5.32 Å². The Labute approximate surface area is 178 Å². The first-order valence-corrected chi connectivity index (χ1v) is 11.3.